The van der Waals surface area contributed by atoms with Crippen molar-refractivity contribution in [1.82, 2.24) is 9.80 Å². The van der Waals surface area contributed by atoms with Gasteiger partial charge in [-0.05, 0) is 44.6 Å². The number of hydrogen-bond acceptors (Lipinski definition) is 4. The van der Waals surface area contributed by atoms with Crippen LogP contribution in [0.3, 0.4) is 0 Å². The van der Waals surface area contributed by atoms with Crippen molar-refractivity contribution in [2.45, 2.75) is 70.4 Å². The molecule has 0 aromatic carbocycles. The second-order valence-electron chi connectivity index (χ2n) is 8.23. The number of carbonyl (C=O) groups excluding carboxylic acids is 1. The van der Waals surface area contributed by atoms with Crippen LogP contribution in [-0.4, -0.2) is 67.2 Å². The summed E-state index contributed by atoms with van der Waals surface area (Å²) in [7, 11) is 0. The van der Waals surface area contributed by atoms with E-state index in [9.17, 15) is 4.79 Å². The van der Waals surface area contributed by atoms with Gasteiger partial charge in [-0.1, -0.05) is 19.3 Å². The first-order valence-electron chi connectivity index (χ1n) is 9.95. The Bertz CT molecular complexity index is 415. The van der Waals surface area contributed by atoms with Gasteiger partial charge in [-0.3, -0.25) is 9.69 Å². The zero-order valence-corrected chi connectivity index (χ0v) is 15.3. The van der Waals surface area contributed by atoms with Crippen LogP contribution in [0.15, 0.2) is 0 Å². The summed E-state index contributed by atoms with van der Waals surface area (Å²) < 4.78 is 5.65. The Hall–Kier alpha value is -0.650. The zero-order valence-electron chi connectivity index (χ0n) is 15.3. The molecular weight excluding hydrogens is 302 g/mol. The van der Waals surface area contributed by atoms with Gasteiger partial charge in [0.05, 0.1) is 12.7 Å². The van der Waals surface area contributed by atoms with Crippen molar-refractivity contribution >= 4 is 5.91 Å². The predicted octanol–water partition coefficient (Wildman–Crippen LogP) is 2.00. The molecule has 1 unspecified atom stereocenters. The minimum Gasteiger partial charge on any atom is -0.376 e. The van der Waals surface area contributed by atoms with Crippen LogP contribution in [0.25, 0.3) is 0 Å². The summed E-state index contributed by atoms with van der Waals surface area (Å²) in [6.45, 7) is 7.57. The molecule has 1 aliphatic carbocycles. The maximum atomic E-state index is 12.8. The number of nitrogens with two attached hydrogens (primary N) is 1. The largest absolute Gasteiger partial charge is 0.376 e. The van der Waals surface area contributed by atoms with Gasteiger partial charge < -0.3 is 15.4 Å². The molecule has 5 nitrogen and oxygen atoms in total. The van der Waals surface area contributed by atoms with Crippen molar-refractivity contribution in [1.29, 1.82) is 0 Å². The molecule has 3 fully saturated rings. The number of carbonyl (C=O) groups is 1. The average Bonchev–Trinajstić information content (AvgIpc) is 2.62. The fourth-order valence-corrected chi connectivity index (χ4v) is 4.84. The Morgan fingerprint density at radius 2 is 1.88 bits per heavy atom. The molecule has 0 bridgehead atoms. The third-order valence-electron chi connectivity index (χ3n) is 6.48. The third-order valence-corrected chi connectivity index (χ3v) is 6.48. The summed E-state index contributed by atoms with van der Waals surface area (Å²) >= 11 is 0. The van der Waals surface area contributed by atoms with Gasteiger partial charge in [-0.2, -0.15) is 0 Å². The molecule has 0 aromatic heterocycles. The van der Waals surface area contributed by atoms with E-state index in [4.69, 9.17) is 10.5 Å². The Morgan fingerprint density at radius 3 is 2.50 bits per heavy atom. The molecule has 3 aliphatic rings. The number of hydrogen-bond donors (Lipinski definition) is 1. The monoisotopic (exact) mass is 337 g/mol. The van der Waals surface area contributed by atoms with Crippen LogP contribution < -0.4 is 5.73 Å². The summed E-state index contributed by atoms with van der Waals surface area (Å²) in [6, 6.07) is 0.624. The van der Waals surface area contributed by atoms with Crippen LogP contribution in [0.2, 0.25) is 0 Å². The molecular formula is C19H35N3O2. The number of rotatable bonds is 4. The Balaban J connectivity index is 1.48. The van der Waals surface area contributed by atoms with E-state index in [0.717, 1.165) is 58.5 Å². The van der Waals surface area contributed by atoms with Gasteiger partial charge in [0.25, 0.3) is 0 Å². The van der Waals surface area contributed by atoms with Gasteiger partial charge in [-0.25, -0.2) is 0 Å². The van der Waals surface area contributed by atoms with E-state index in [1.165, 1.54) is 19.3 Å². The van der Waals surface area contributed by atoms with Gasteiger partial charge in [-0.15, -0.1) is 0 Å². The molecule has 138 valence electrons. The normalized spacial score (nSPS) is 29.6. The van der Waals surface area contributed by atoms with Crippen molar-refractivity contribution < 1.29 is 9.53 Å². The topological polar surface area (TPSA) is 58.8 Å². The lowest BCUT2D eigenvalue weighted by molar-refractivity contribution is -0.136. The van der Waals surface area contributed by atoms with Gasteiger partial charge in [0.2, 0.25) is 5.91 Å². The second kappa shape index (κ2) is 8.15. The zero-order chi connectivity index (χ0) is 17.0. The van der Waals surface area contributed by atoms with Gasteiger partial charge in [0.15, 0.2) is 0 Å². The van der Waals surface area contributed by atoms with Gasteiger partial charge >= 0.3 is 0 Å². The lowest BCUT2D eigenvalue weighted by atomic mass is 9.71. The van der Waals surface area contributed by atoms with Crippen molar-refractivity contribution in [2.24, 2.45) is 11.1 Å². The Labute approximate surface area is 146 Å². The molecule has 1 atom stereocenters. The highest BCUT2D eigenvalue weighted by molar-refractivity contribution is 5.77. The first-order chi connectivity index (χ1) is 11.6. The molecule has 2 heterocycles. The minimum atomic E-state index is 0.0891. The number of ether oxygens (including phenoxy) is 1. The SMILES string of the molecule is CC1CN(C2CCN(C(=O)CC3(CN)CCCCC3)CC2)CCO1. The maximum Gasteiger partial charge on any atom is 0.223 e. The van der Waals surface area contributed by atoms with Gasteiger partial charge in [0.1, 0.15) is 0 Å². The van der Waals surface area contributed by atoms with E-state index in [2.05, 4.69) is 16.7 Å². The number of nitrogens with zero attached hydrogens (tertiary/aromatic N) is 2. The second-order valence-corrected chi connectivity index (χ2v) is 8.23. The molecule has 0 spiro atoms. The van der Waals surface area contributed by atoms with E-state index < -0.39 is 0 Å². The molecule has 2 aliphatic heterocycles. The number of likely N-dealkylation sites (tertiary alicyclic amines) is 1. The molecule has 2 saturated heterocycles. The summed E-state index contributed by atoms with van der Waals surface area (Å²) in [6.07, 6.45) is 9.27. The lowest BCUT2D eigenvalue weighted by Crippen LogP contribution is -2.52. The van der Waals surface area contributed by atoms with Crippen LogP contribution in [0, 0.1) is 5.41 Å². The van der Waals surface area contributed by atoms with E-state index in [0.29, 0.717) is 31.0 Å². The third kappa shape index (κ3) is 4.30. The predicted molar refractivity (Wildman–Crippen MR) is 95.8 cm³/mol. The van der Waals surface area contributed by atoms with E-state index in [1.807, 2.05) is 0 Å². The van der Waals surface area contributed by atoms with Crippen molar-refractivity contribution in [3.8, 4) is 0 Å². The summed E-state index contributed by atoms with van der Waals surface area (Å²) in [5, 5.41) is 0. The summed E-state index contributed by atoms with van der Waals surface area (Å²) in [4.78, 5) is 17.5. The number of piperidine rings is 1. The van der Waals surface area contributed by atoms with Crippen molar-refractivity contribution in [2.75, 3.05) is 39.3 Å². The van der Waals surface area contributed by atoms with Crippen LogP contribution in [0.1, 0.15) is 58.3 Å². The first kappa shape index (κ1) is 18.2. The van der Waals surface area contributed by atoms with Crippen LogP contribution in [-0.2, 0) is 9.53 Å². The quantitative estimate of drug-likeness (QED) is 0.852. The highest BCUT2D eigenvalue weighted by Crippen LogP contribution is 2.39. The standard InChI is InChI=1S/C19H35N3O2/c1-16-14-22(11-12-24-16)17-5-9-21(10-6-17)18(23)13-19(15-20)7-3-2-4-8-19/h16-17H,2-15,20H2,1H3. The van der Waals surface area contributed by atoms with Gasteiger partial charge in [0, 0.05) is 38.6 Å². The fourth-order valence-electron chi connectivity index (χ4n) is 4.84. The van der Waals surface area contributed by atoms with Crippen LogP contribution in [0.5, 0.6) is 0 Å². The highest BCUT2D eigenvalue weighted by atomic mass is 16.5. The summed E-state index contributed by atoms with van der Waals surface area (Å²) in [5.41, 5.74) is 6.15. The minimum absolute atomic E-state index is 0.0891. The molecule has 2 N–H and O–H groups in total. The molecule has 5 heteroatoms. The molecule has 0 radical (unpaired) electrons. The highest BCUT2D eigenvalue weighted by Gasteiger charge is 2.36. The van der Waals surface area contributed by atoms with E-state index in [1.54, 1.807) is 0 Å². The molecule has 24 heavy (non-hydrogen) atoms. The summed E-state index contributed by atoms with van der Waals surface area (Å²) in [5.74, 6) is 0.344. The number of amides is 1. The average molecular weight is 338 g/mol. The fraction of sp³-hybridized carbons (Fsp3) is 0.947. The van der Waals surface area contributed by atoms with Crippen LogP contribution in [0.4, 0.5) is 0 Å². The van der Waals surface area contributed by atoms with Crippen LogP contribution >= 0.6 is 0 Å². The molecule has 3 rings (SSSR count). The smallest absolute Gasteiger partial charge is 0.223 e. The van der Waals surface area contributed by atoms with E-state index in [-0.39, 0.29) is 5.41 Å². The Morgan fingerprint density at radius 1 is 1.17 bits per heavy atom. The number of morpholine rings is 1. The lowest BCUT2D eigenvalue weighted by Gasteiger charge is -2.43. The maximum absolute atomic E-state index is 12.8. The molecule has 1 saturated carbocycles. The molecule has 1 amide bonds. The molecule has 0 aromatic rings. The first-order valence-corrected chi connectivity index (χ1v) is 9.95. The van der Waals surface area contributed by atoms with Crippen molar-refractivity contribution in [3.05, 3.63) is 0 Å². The van der Waals surface area contributed by atoms with E-state index >= 15 is 0 Å². The Kier molecular flexibility index (Phi) is 6.17. The van der Waals surface area contributed by atoms with Crippen molar-refractivity contribution in [3.63, 3.8) is 0 Å².